The second kappa shape index (κ2) is 4.87. The summed E-state index contributed by atoms with van der Waals surface area (Å²) in [6, 6.07) is 6.16. The van der Waals surface area contributed by atoms with Crippen molar-refractivity contribution >= 4 is 5.69 Å². The van der Waals surface area contributed by atoms with Crippen LogP contribution >= 0.6 is 0 Å². The number of aryl methyl sites for hydroxylation is 1. The van der Waals surface area contributed by atoms with E-state index in [-0.39, 0.29) is 0 Å². The molecular weight excluding hydrogens is 160 g/mol. The largest absolute Gasteiger partial charge is 0.398 e. The van der Waals surface area contributed by atoms with Gasteiger partial charge in [-0.15, -0.1) is 0 Å². The smallest absolute Gasteiger partial charge is 0.0389 e. The van der Waals surface area contributed by atoms with Gasteiger partial charge in [0.15, 0.2) is 0 Å². The number of hydrogen-bond donors (Lipinski definition) is 2. The average Bonchev–Trinajstić information content (AvgIpc) is 2.13. The molecule has 0 heterocycles. The molecule has 0 aromatic heterocycles. The van der Waals surface area contributed by atoms with Crippen LogP contribution in [0.4, 0.5) is 5.69 Å². The summed E-state index contributed by atoms with van der Waals surface area (Å²) in [6.07, 6.45) is 1.16. The summed E-state index contributed by atoms with van der Waals surface area (Å²) in [7, 11) is 0. The zero-order valence-electron chi connectivity index (χ0n) is 8.43. The van der Waals surface area contributed by atoms with Crippen LogP contribution in [0.15, 0.2) is 18.2 Å². The van der Waals surface area contributed by atoms with Crippen molar-refractivity contribution in [1.82, 2.24) is 5.32 Å². The number of nitrogen functional groups attached to an aromatic ring is 1. The Morgan fingerprint density at radius 3 is 2.85 bits per heavy atom. The van der Waals surface area contributed by atoms with Gasteiger partial charge >= 0.3 is 0 Å². The molecule has 72 valence electrons. The minimum atomic E-state index is 0.876. The monoisotopic (exact) mass is 178 g/mol. The van der Waals surface area contributed by atoms with Crippen molar-refractivity contribution in [3.05, 3.63) is 29.3 Å². The van der Waals surface area contributed by atoms with E-state index in [2.05, 4.69) is 24.4 Å². The highest BCUT2D eigenvalue weighted by Gasteiger charge is 1.99. The van der Waals surface area contributed by atoms with E-state index in [4.69, 9.17) is 5.73 Å². The number of nitrogens with one attached hydrogen (secondary N) is 1. The zero-order chi connectivity index (χ0) is 9.68. The lowest BCUT2D eigenvalue weighted by atomic mass is 10.1. The van der Waals surface area contributed by atoms with Gasteiger partial charge in [0, 0.05) is 12.2 Å². The van der Waals surface area contributed by atoms with Gasteiger partial charge < -0.3 is 11.1 Å². The van der Waals surface area contributed by atoms with Crippen LogP contribution in [0.1, 0.15) is 24.5 Å². The molecule has 1 rings (SSSR count). The SMILES string of the molecule is CCCNCc1cccc(C)c1N. The molecule has 13 heavy (non-hydrogen) atoms. The van der Waals surface area contributed by atoms with Gasteiger partial charge in [0.2, 0.25) is 0 Å². The molecule has 0 amide bonds. The maximum atomic E-state index is 5.92. The Labute approximate surface area is 80.1 Å². The van der Waals surface area contributed by atoms with Crippen molar-refractivity contribution in [1.29, 1.82) is 0 Å². The number of anilines is 1. The molecule has 0 aliphatic carbocycles. The Bertz CT molecular complexity index is 269. The normalized spacial score (nSPS) is 10.3. The van der Waals surface area contributed by atoms with E-state index < -0.39 is 0 Å². The van der Waals surface area contributed by atoms with Crippen LogP contribution in [0, 0.1) is 6.92 Å². The summed E-state index contributed by atoms with van der Waals surface area (Å²) in [6.45, 7) is 6.12. The molecule has 0 saturated heterocycles. The van der Waals surface area contributed by atoms with E-state index in [1.54, 1.807) is 0 Å². The molecule has 0 bridgehead atoms. The van der Waals surface area contributed by atoms with E-state index in [1.807, 2.05) is 13.0 Å². The van der Waals surface area contributed by atoms with E-state index in [9.17, 15) is 0 Å². The lowest BCUT2D eigenvalue weighted by molar-refractivity contribution is 0.676. The first kappa shape index (κ1) is 10.1. The Morgan fingerprint density at radius 2 is 2.15 bits per heavy atom. The molecule has 0 aliphatic heterocycles. The van der Waals surface area contributed by atoms with E-state index in [0.717, 1.165) is 30.8 Å². The molecule has 0 atom stereocenters. The second-order valence-electron chi connectivity index (χ2n) is 3.32. The van der Waals surface area contributed by atoms with Crippen LogP contribution < -0.4 is 11.1 Å². The summed E-state index contributed by atoms with van der Waals surface area (Å²) < 4.78 is 0. The highest BCUT2D eigenvalue weighted by Crippen LogP contribution is 2.15. The van der Waals surface area contributed by atoms with Crippen molar-refractivity contribution in [2.24, 2.45) is 0 Å². The summed E-state index contributed by atoms with van der Waals surface area (Å²) in [5, 5.41) is 3.34. The maximum absolute atomic E-state index is 5.92. The van der Waals surface area contributed by atoms with Gasteiger partial charge in [-0.3, -0.25) is 0 Å². The minimum Gasteiger partial charge on any atom is -0.398 e. The minimum absolute atomic E-state index is 0.876. The highest BCUT2D eigenvalue weighted by molar-refractivity contribution is 5.52. The van der Waals surface area contributed by atoms with Crippen molar-refractivity contribution in [2.75, 3.05) is 12.3 Å². The first-order chi connectivity index (χ1) is 6.25. The van der Waals surface area contributed by atoms with Crippen LogP contribution in [-0.2, 0) is 6.54 Å². The second-order valence-corrected chi connectivity index (χ2v) is 3.32. The predicted molar refractivity (Wildman–Crippen MR) is 57.6 cm³/mol. The van der Waals surface area contributed by atoms with Gasteiger partial charge in [0.25, 0.3) is 0 Å². The molecule has 3 N–H and O–H groups in total. The molecule has 1 aromatic carbocycles. The first-order valence-electron chi connectivity index (χ1n) is 4.80. The standard InChI is InChI=1S/C11H18N2/c1-3-7-13-8-10-6-4-5-9(2)11(10)12/h4-6,13H,3,7-8,12H2,1-2H3. The van der Waals surface area contributed by atoms with Gasteiger partial charge in [0.05, 0.1) is 0 Å². The summed E-state index contributed by atoms with van der Waals surface area (Å²) in [5.74, 6) is 0. The lowest BCUT2D eigenvalue weighted by Crippen LogP contribution is -2.15. The molecule has 0 radical (unpaired) electrons. The molecule has 2 nitrogen and oxygen atoms in total. The van der Waals surface area contributed by atoms with Crippen molar-refractivity contribution in [3.8, 4) is 0 Å². The third kappa shape index (κ3) is 2.74. The Kier molecular flexibility index (Phi) is 3.77. The zero-order valence-corrected chi connectivity index (χ0v) is 8.43. The van der Waals surface area contributed by atoms with Gasteiger partial charge in [0.1, 0.15) is 0 Å². The highest BCUT2D eigenvalue weighted by atomic mass is 14.8. The fourth-order valence-corrected chi connectivity index (χ4v) is 1.30. The van der Waals surface area contributed by atoms with Gasteiger partial charge in [-0.25, -0.2) is 0 Å². The summed E-state index contributed by atoms with van der Waals surface area (Å²) in [5.41, 5.74) is 9.21. The topological polar surface area (TPSA) is 38.0 Å². The Morgan fingerprint density at radius 1 is 1.38 bits per heavy atom. The number of para-hydroxylation sites is 1. The number of hydrogen-bond acceptors (Lipinski definition) is 2. The fourth-order valence-electron chi connectivity index (χ4n) is 1.30. The molecular formula is C11H18N2. The third-order valence-electron chi connectivity index (χ3n) is 2.16. The van der Waals surface area contributed by atoms with Crippen LogP contribution in [0.5, 0.6) is 0 Å². The van der Waals surface area contributed by atoms with E-state index in [1.165, 1.54) is 5.56 Å². The fraction of sp³-hybridized carbons (Fsp3) is 0.455. The third-order valence-corrected chi connectivity index (χ3v) is 2.16. The molecule has 2 heteroatoms. The Hall–Kier alpha value is -1.02. The van der Waals surface area contributed by atoms with Gasteiger partial charge in [-0.05, 0) is 31.0 Å². The van der Waals surface area contributed by atoms with Crippen LogP contribution in [0.25, 0.3) is 0 Å². The summed E-state index contributed by atoms with van der Waals surface area (Å²) in [4.78, 5) is 0. The van der Waals surface area contributed by atoms with Crippen molar-refractivity contribution in [3.63, 3.8) is 0 Å². The van der Waals surface area contributed by atoms with E-state index in [0.29, 0.717) is 0 Å². The quantitative estimate of drug-likeness (QED) is 0.547. The van der Waals surface area contributed by atoms with Crippen LogP contribution in [-0.4, -0.2) is 6.54 Å². The molecule has 0 spiro atoms. The first-order valence-corrected chi connectivity index (χ1v) is 4.80. The molecule has 0 unspecified atom stereocenters. The lowest BCUT2D eigenvalue weighted by Gasteiger charge is -2.08. The average molecular weight is 178 g/mol. The van der Waals surface area contributed by atoms with Crippen molar-refractivity contribution < 1.29 is 0 Å². The van der Waals surface area contributed by atoms with Crippen molar-refractivity contribution in [2.45, 2.75) is 26.8 Å². The van der Waals surface area contributed by atoms with Crippen LogP contribution in [0.2, 0.25) is 0 Å². The van der Waals surface area contributed by atoms with E-state index >= 15 is 0 Å². The number of nitrogens with two attached hydrogens (primary N) is 1. The molecule has 0 saturated carbocycles. The Balaban J connectivity index is 2.61. The van der Waals surface area contributed by atoms with Gasteiger partial charge in [-0.1, -0.05) is 25.1 Å². The molecule has 0 aliphatic rings. The number of rotatable bonds is 4. The predicted octanol–water partition coefficient (Wildman–Crippen LogP) is 2.08. The van der Waals surface area contributed by atoms with Crippen LogP contribution in [0.3, 0.4) is 0 Å². The summed E-state index contributed by atoms with van der Waals surface area (Å²) >= 11 is 0. The number of benzene rings is 1. The molecule has 0 fully saturated rings. The van der Waals surface area contributed by atoms with Gasteiger partial charge in [-0.2, -0.15) is 0 Å². The maximum Gasteiger partial charge on any atom is 0.0389 e. The molecule has 1 aromatic rings.